The van der Waals surface area contributed by atoms with Gasteiger partial charge in [0.25, 0.3) is 0 Å². The smallest absolute Gasteiger partial charge is 0.408 e. The van der Waals surface area contributed by atoms with Crippen molar-refractivity contribution in [2.75, 3.05) is 0 Å². The van der Waals surface area contributed by atoms with Crippen molar-refractivity contribution < 1.29 is 18.7 Å². The zero-order chi connectivity index (χ0) is 15.3. The molecule has 0 fully saturated rings. The Labute approximate surface area is 125 Å². The summed E-state index contributed by atoms with van der Waals surface area (Å²) in [6.07, 6.45) is 1.10. The van der Waals surface area contributed by atoms with Gasteiger partial charge in [-0.05, 0) is 42.8 Å². The largest absolute Gasteiger partial charge is 0.444 e. The zero-order valence-electron chi connectivity index (χ0n) is 11.4. The molecule has 20 heavy (non-hydrogen) atoms. The standard InChI is InChI=1S/C13H16BrFN2O3/c1-13(2,3)20-12(19)17-10(4-5-18)9-6-8(14)7-16-11(9)15/h5-7,10H,4H2,1-3H3,(H,17,19)/t10-/m0/s1. The molecule has 0 unspecified atom stereocenters. The van der Waals surface area contributed by atoms with E-state index in [1.54, 1.807) is 20.8 Å². The summed E-state index contributed by atoms with van der Waals surface area (Å²) < 4.78 is 19.3. The van der Waals surface area contributed by atoms with Crippen molar-refractivity contribution in [2.24, 2.45) is 0 Å². The highest BCUT2D eigenvalue weighted by atomic mass is 79.9. The maximum absolute atomic E-state index is 13.7. The number of nitrogens with zero attached hydrogens (tertiary/aromatic N) is 1. The Morgan fingerprint density at radius 3 is 2.80 bits per heavy atom. The molecule has 1 aromatic heterocycles. The average Bonchev–Trinajstić information content (AvgIpc) is 2.29. The predicted octanol–water partition coefficient (Wildman–Crippen LogP) is 3.14. The Bertz CT molecular complexity index is 503. The van der Waals surface area contributed by atoms with Crippen LogP contribution in [0.3, 0.4) is 0 Å². The normalized spacial score (nSPS) is 12.7. The van der Waals surface area contributed by atoms with Crippen molar-refractivity contribution in [2.45, 2.75) is 38.8 Å². The zero-order valence-corrected chi connectivity index (χ0v) is 13.0. The van der Waals surface area contributed by atoms with Gasteiger partial charge >= 0.3 is 6.09 Å². The summed E-state index contributed by atoms with van der Waals surface area (Å²) >= 11 is 3.17. The number of pyridine rings is 1. The van der Waals surface area contributed by atoms with Crippen molar-refractivity contribution >= 4 is 28.3 Å². The van der Waals surface area contributed by atoms with Crippen LogP contribution >= 0.6 is 15.9 Å². The van der Waals surface area contributed by atoms with Crippen LogP contribution in [0.25, 0.3) is 0 Å². The molecule has 0 aliphatic carbocycles. The number of carbonyl (C=O) groups is 2. The van der Waals surface area contributed by atoms with Gasteiger partial charge in [-0.15, -0.1) is 0 Å². The first kappa shape index (κ1) is 16.6. The van der Waals surface area contributed by atoms with Crippen LogP contribution in [-0.2, 0) is 9.53 Å². The third kappa shape index (κ3) is 5.24. The van der Waals surface area contributed by atoms with Gasteiger partial charge in [-0.25, -0.2) is 9.78 Å². The fourth-order valence-electron chi connectivity index (χ4n) is 1.49. The van der Waals surface area contributed by atoms with Gasteiger partial charge in [-0.2, -0.15) is 4.39 Å². The number of halogens is 2. The van der Waals surface area contributed by atoms with Crippen molar-refractivity contribution in [3.63, 3.8) is 0 Å². The molecular formula is C13H16BrFN2O3. The molecule has 1 rings (SSSR count). The maximum Gasteiger partial charge on any atom is 0.408 e. The van der Waals surface area contributed by atoms with Gasteiger partial charge in [0.05, 0.1) is 6.04 Å². The van der Waals surface area contributed by atoms with Gasteiger partial charge in [0.1, 0.15) is 11.9 Å². The molecule has 0 bridgehead atoms. The molecule has 0 aliphatic heterocycles. The van der Waals surface area contributed by atoms with Crippen LogP contribution in [0.15, 0.2) is 16.7 Å². The molecule has 0 aliphatic rings. The number of hydrogen-bond acceptors (Lipinski definition) is 4. The number of carbonyl (C=O) groups excluding carboxylic acids is 2. The number of alkyl carbamates (subject to hydrolysis) is 1. The van der Waals surface area contributed by atoms with Crippen LogP contribution in [0.2, 0.25) is 0 Å². The van der Waals surface area contributed by atoms with Crippen LogP contribution < -0.4 is 5.32 Å². The Morgan fingerprint density at radius 1 is 1.60 bits per heavy atom. The molecule has 1 amide bonds. The van der Waals surface area contributed by atoms with Crippen molar-refractivity contribution in [3.05, 3.63) is 28.2 Å². The Kier molecular flexibility index (Phi) is 5.62. The number of hydrogen-bond donors (Lipinski definition) is 1. The van der Waals surface area contributed by atoms with Crippen molar-refractivity contribution in [1.29, 1.82) is 0 Å². The summed E-state index contributed by atoms with van der Waals surface area (Å²) in [7, 11) is 0. The van der Waals surface area contributed by atoms with Crippen LogP contribution in [0.5, 0.6) is 0 Å². The molecule has 0 spiro atoms. The molecule has 0 saturated carbocycles. The predicted molar refractivity (Wildman–Crippen MR) is 74.7 cm³/mol. The Balaban J connectivity index is 2.91. The lowest BCUT2D eigenvalue weighted by Crippen LogP contribution is -2.35. The number of aldehydes is 1. The number of aromatic nitrogens is 1. The Morgan fingerprint density at radius 2 is 2.25 bits per heavy atom. The second-order valence-electron chi connectivity index (χ2n) is 5.13. The number of amides is 1. The van der Waals surface area contributed by atoms with Crippen molar-refractivity contribution in [3.8, 4) is 0 Å². The quantitative estimate of drug-likeness (QED) is 0.671. The van der Waals surface area contributed by atoms with E-state index >= 15 is 0 Å². The van der Waals surface area contributed by atoms with E-state index in [2.05, 4.69) is 26.2 Å². The molecule has 1 N–H and O–H groups in total. The lowest BCUT2D eigenvalue weighted by molar-refractivity contribution is -0.108. The molecule has 1 aromatic rings. The second kappa shape index (κ2) is 6.78. The summed E-state index contributed by atoms with van der Waals surface area (Å²) in [5.41, 5.74) is -0.554. The molecule has 5 nitrogen and oxygen atoms in total. The fourth-order valence-corrected chi connectivity index (χ4v) is 1.84. The summed E-state index contributed by atoms with van der Waals surface area (Å²) in [5, 5.41) is 2.47. The summed E-state index contributed by atoms with van der Waals surface area (Å²) in [6.45, 7) is 5.13. The lowest BCUT2D eigenvalue weighted by atomic mass is 10.1. The SMILES string of the molecule is CC(C)(C)OC(=O)N[C@@H](CC=O)c1cc(Br)cnc1F. The highest BCUT2D eigenvalue weighted by molar-refractivity contribution is 9.10. The first-order valence-electron chi connectivity index (χ1n) is 5.97. The highest BCUT2D eigenvalue weighted by Gasteiger charge is 2.23. The average molecular weight is 347 g/mol. The van der Waals surface area contributed by atoms with Gasteiger partial charge in [-0.3, -0.25) is 0 Å². The van der Waals surface area contributed by atoms with E-state index in [-0.39, 0.29) is 12.0 Å². The van der Waals surface area contributed by atoms with Gasteiger partial charge in [0.15, 0.2) is 0 Å². The molecular weight excluding hydrogens is 331 g/mol. The van der Waals surface area contributed by atoms with E-state index in [1.165, 1.54) is 12.3 Å². The minimum absolute atomic E-state index is 0.0751. The summed E-state index contributed by atoms with van der Waals surface area (Å²) in [4.78, 5) is 26.0. The van der Waals surface area contributed by atoms with Gasteiger partial charge in [0, 0.05) is 22.7 Å². The van der Waals surface area contributed by atoms with Crippen LogP contribution in [0.1, 0.15) is 38.8 Å². The van der Waals surface area contributed by atoms with E-state index in [4.69, 9.17) is 4.74 Å². The first-order valence-corrected chi connectivity index (χ1v) is 6.76. The third-order valence-electron chi connectivity index (χ3n) is 2.23. The lowest BCUT2D eigenvalue weighted by Gasteiger charge is -2.23. The van der Waals surface area contributed by atoms with Gasteiger partial charge in [-0.1, -0.05) is 0 Å². The van der Waals surface area contributed by atoms with E-state index in [9.17, 15) is 14.0 Å². The summed E-state index contributed by atoms with van der Waals surface area (Å²) in [5.74, 6) is -0.740. The second-order valence-corrected chi connectivity index (χ2v) is 6.05. The first-order chi connectivity index (χ1) is 9.23. The number of ether oxygens (including phenoxy) is 1. The van der Waals surface area contributed by atoms with Gasteiger partial charge in [0.2, 0.25) is 5.95 Å². The maximum atomic E-state index is 13.7. The van der Waals surface area contributed by atoms with Crippen LogP contribution in [-0.4, -0.2) is 23.0 Å². The van der Waals surface area contributed by atoms with E-state index < -0.39 is 23.7 Å². The molecule has 0 radical (unpaired) electrons. The molecule has 7 heteroatoms. The van der Waals surface area contributed by atoms with E-state index in [1.807, 2.05) is 0 Å². The van der Waals surface area contributed by atoms with E-state index in [0.29, 0.717) is 10.8 Å². The highest BCUT2D eigenvalue weighted by Crippen LogP contribution is 2.22. The minimum Gasteiger partial charge on any atom is -0.444 e. The van der Waals surface area contributed by atoms with Crippen LogP contribution in [0, 0.1) is 5.95 Å². The minimum atomic E-state index is -0.827. The fraction of sp³-hybridized carbons (Fsp3) is 0.462. The number of rotatable bonds is 4. The third-order valence-corrected chi connectivity index (χ3v) is 2.66. The molecule has 1 heterocycles. The number of nitrogens with one attached hydrogen (secondary N) is 1. The molecule has 110 valence electrons. The molecule has 0 saturated heterocycles. The molecule has 1 atom stereocenters. The topological polar surface area (TPSA) is 68.3 Å². The van der Waals surface area contributed by atoms with Gasteiger partial charge < -0.3 is 14.8 Å². The van der Waals surface area contributed by atoms with E-state index in [0.717, 1.165) is 0 Å². The Hall–Kier alpha value is -1.50. The van der Waals surface area contributed by atoms with Crippen molar-refractivity contribution in [1.82, 2.24) is 10.3 Å². The summed E-state index contributed by atoms with van der Waals surface area (Å²) in [6, 6.07) is 0.640. The monoisotopic (exact) mass is 346 g/mol. The molecule has 0 aromatic carbocycles. The van der Waals surface area contributed by atoms with Crippen LogP contribution in [0.4, 0.5) is 9.18 Å².